The van der Waals surface area contributed by atoms with Crippen molar-refractivity contribution >= 4 is 22.9 Å². The summed E-state index contributed by atoms with van der Waals surface area (Å²) in [6.45, 7) is 3.10. The molecule has 156 valence electrons. The van der Waals surface area contributed by atoms with E-state index in [1.165, 1.54) is 28.8 Å². The number of nitrogens with zero attached hydrogens (tertiary/aromatic N) is 4. The summed E-state index contributed by atoms with van der Waals surface area (Å²) in [5.74, 6) is -1.45. The van der Waals surface area contributed by atoms with Crippen LogP contribution in [0, 0.1) is 19.7 Å². The minimum atomic E-state index is -0.858. The third kappa shape index (κ3) is 3.61. The molecule has 9 heteroatoms. The van der Waals surface area contributed by atoms with E-state index in [2.05, 4.69) is 9.97 Å². The number of carbonyl (C=O) groups is 2. The molecule has 8 nitrogen and oxygen atoms in total. The largest absolute Gasteiger partial charge is 0.364 e. The van der Waals surface area contributed by atoms with E-state index in [1.54, 1.807) is 31.2 Å². The summed E-state index contributed by atoms with van der Waals surface area (Å²) in [7, 11) is 0. The van der Waals surface area contributed by atoms with Crippen LogP contribution in [0.25, 0.3) is 16.9 Å². The Hall–Kier alpha value is -4.14. The molecule has 4 rings (SSSR count). The van der Waals surface area contributed by atoms with Crippen molar-refractivity contribution in [1.29, 1.82) is 0 Å². The molecule has 4 aromatic rings. The fourth-order valence-electron chi connectivity index (χ4n) is 3.38. The van der Waals surface area contributed by atoms with E-state index in [9.17, 15) is 18.8 Å². The lowest BCUT2D eigenvalue weighted by atomic mass is 10.1. The van der Waals surface area contributed by atoms with Gasteiger partial charge in [0.2, 0.25) is 0 Å². The second kappa shape index (κ2) is 7.60. The summed E-state index contributed by atoms with van der Waals surface area (Å²) in [5.41, 5.74) is 6.59. The van der Waals surface area contributed by atoms with Gasteiger partial charge in [0, 0.05) is 5.56 Å². The highest BCUT2D eigenvalue weighted by atomic mass is 19.1. The van der Waals surface area contributed by atoms with Gasteiger partial charge in [-0.25, -0.2) is 23.7 Å². The first-order chi connectivity index (χ1) is 14.8. The Bertz CT molecular complexity index is 1390. The molecule has 0 spiro atoms. The zero-order valence-electron chi connectivity index (χ0n) is 16.8. The maximum Gasteiger partial charge on any atom is 0.335 e. The number of amides is 1. The highest BCUT2D eigenvalue weighted by Crippen LogP contribution is 2.20. The van der Waals surface area contributed by atoms with Gasteiger partial charge in [0.1, 0.15) is 17.2 Å². The van der Waals surface area contributed by atoms with Crippen LogP contribution >= 0.6 is 0 Å². The predicted molar refractivity (Wildman–Crippen MR) is 112 cm³/mol. The molecule has 2 aromatic heterocycles. The number of nitrogens with two attached hydrogens (primary N) is 1. The average Bonchev–Trinajstić information content (AvgIpc) is 2.99. The molecular formula is C22H18FN5O3. The zero-order valence-corrected chi connectivity index (χ0v) is 16.8. The number of fused-ring (bicyclic) bond motifs is 1. The number of aryl methyl sites for hydroxylation is 2. The van der Waals surface area contributed by atoms with Gasteiger partial charge in [-0.1, -0.05) is 29.8 Å². The summed E-state index contributed by atoms with van der Waals surface area (Å²) in [5, 5.41) is 0. The fraction of sp³-hybridized carbons (Fsp3) is 0.136. The van der Waals surface area contributed by atoms with E-state index < -0.39 is 17.4 Å². The lowest BCUT2D eigenvalue weighted by molar-refractivity contribution is 0.0966. The predicted octanol–water partition coefficient (Wildman–Crippen LogP) is 2.32. The summed E-state index contributed by atoms with van der Waals surface area (Å²) in [6, 6.07) is 12.1. The second-order valence-corrected chi connectivity index (χ2v) is 7.13. The van der Waals surface area contributed by atoms with E-state index in [0.29, 0.717) is 11.3 Å². The molecule has 0 aliphatic rings. The average molecular weight is 419 g/mol. The molecule has 31 heavy (non-hydrogen) atoms. The Kier molecular flexibility index (Phi) is 4.94. The topological polar surface area (TPSA) is 113 Å². The summed E-state index contributed by atoms with van der Waals surface area (Å²) < 4.78 is 15.8. The van der Waals surface area contributed by atoms with Gasteiger partial charge in [0.05, 0.1) is 12.2 Å². The van der Waals surface area contributed by atoms with E-state index in [-0.39, 0.29) is 35.0 Å². The molecule has 1 amide bonds. The molecule has 2 N–H and O–H groups in total. The molecular weight excluding hydrogens is 401 g/mol. The van der Waals surface area contributed by atoms with Crippen molar-refractivity contribution in [2.24, 2.45) is 5.73 Å². The Morgan fingerprint density at radius 3 is 2.26 bits per heavy atom. The standard InChI is InChI=1S/C22H18FN5O3/c1-12-3-5-14(6-4-12)17(29)11-27-19-18(20(24)30)25-13(2)26-21(19)28(22(27)31)16-9-7-15(23)8-10-16/h3-10H,11H2,1-2H3,(H2,24,30). The molecule has 0 aliphatic heterocycles. The van der Waals surface area contributed by atoms with Gasteiger partial charge >= 0.3 is 5.69 Å². The number of benzene rings is 2. The van der Waals surface area contributed by atoms with Crippen molar-refractivity contribution in [3.8, 4) is 5.69 Å². The van der Waals surface area contributed by atoms with Crippen LogP contribution in [0.5, 0.6) is 0 Å². The maximum atomic E-state index is 13.4. The van der Waals surface area contributed by atoms with Crippen molar-refractivity contribution in [1.82, 2.24) is 19.1 Å². The lowest BCUT2D eigenvalue weighted by Crippen LogP contribution is -2.27. The first kappa shape index (κ1) is 20.1. The monoisotopic (exact) mass is 419 g/mol. The van der Waals surface area contributed by atoms with Gasteiger partial charge < -0.3 is 5.73 Å². The Labute approximate surface area is 175 Å². The zero-order chi connectivity index (χ0) is 22.3. The molecule has 0 unspecified atom stereocenters. The Morgan fingerprint density at radius 2 is 1.65 bits per heavy atom. The molecule has 0 saturated carbocycles. The van der Waals surface area contributed by atoms with E-state index in [4.69, 9.17) is 5.73 Å². The van der Waals surface area contributed by atoms with Crippen LogP contribution in [0.4, 0.5) is 4.39 Å². The molecule has 2 aromatic carbocycles. The van der Waals surface area contributed by atoms with Crippen LogP contribution in [0.2, 0.25) is 0 Å². The number of Topliss-reactive ketones (excluding diaryl/α,β-unsaturated/α-hetero) is 1. The van der Waals surface area contributed by atoms with Crippen LogP contribution < -0.4 is 11.4 Å². The van der Waals surface area contributed by atoms with Gasteiger partial charge in [-0.3, -0.25) is 14.2 Å². The van der Waals surface area contributed by atoms with Crippen molar-refractivity contribution < 1.29 is 14.0 Å². The minimum Gasteiger partial charge on any atom is -0.364 e. The first-order valence-electron chi connectivity index (χ1n) is 9.42. The van der Waals surface area contributed by atoms with Crippen LogP contribution in [0.1, 0.15) is 32.2 Å². The number of hydrogen-bond donors (Lipinski definition) is 1. The van der Waals surface area contributed by atoms with Gasteiger partial charge in [-0.15, -0.1) is 0 Å². The maximum absolute atomic E-state index is 13.4. The number of halogens is 1. The van der Waals surface area contributed by atoms with Crippen molar-refractivity contribution in [3.63, 3.8) is 0 Å². The van der Waals surface area contributed by atoms with Gasteiger partial charge in [-0.2, -0.15) is 0 Å². The highest BCUT2D eigenvalue weighted by Gasteiger charge is 2.24. The third-order valence-corrected chi connectivity index (χ3v) is 4.87. The van der Waals surface area contributed by atoms with Gasteiger partial charge in [-0.05, 0) is 38.1 Å². The van der Waals surface area contributed by atoms with E-state index in [1.807, 2.05) is 6.92 Å². The molecule has 0 atom stereocenters. The second-order valence-electron chi connectivity index (χ2n) is 7.13. The number of hydrogen-bond acceptors (Lipinski definition) is 5. The fourth-order valence-corrected chi connectivity index (χ4v) is 3.38. The molecule has 0 aliphatic carbocycles. The number of rotatable bonds is 5. The number of ketones is 1. The Balaban J connectivity index is 1.97. The van der Waals surface area contributed by atoms with Crippen molar-refractivity contribution in [2.45, 2.75) is 20.4 Å². The van der Waals surface area contributed by atoms with Gasteiger partial charge in [0.25, 0.3) is 5.91 Å². The van der Waals surface area contributed by atoms with Crippen LogP contribution in [0.15, 0.2) is 53.3 Å². The first-order valence-corrected chi connectivity index (χ1v) is 9.42. The minimum absolute atomic E-state index is 0.0490. The highest BCUT2D eigenvalue weighted by molar-refractivity contribution is 6.03. The molecule has 0 fully saturated rings. The quantitative estimate of drug-likeness (QED) is 0.499. The van der Waals surface area contributed by atoms with Crippen LogP contribution in [-0.4, -0.2) is 30.8 Å². The van der Waals surface area contributed by atoms with E-state index in [0.717, 1.165) is 10.1 Å². The number of imidazole rings is 1. The summed E-state index contributed by atoms with van der Waals surface area (Å²) >= 11 is 0. The number of carbonyl (C=O) groups excluding carboxylic acids is 2. The third-order valence-electron chi connectivity index (χ3n) is 4.87. The number of aromatic nitrogens is 4. The smallest absolute Gasteiger partial charge is 0.335 e. The summed E-state index contributed by atoms with van der Waals surface area (Å²) in [6.07, 6.45) is 0. The van der Waals surface area contributed by atoms with E-state index >= 15 is 0 Å². The normalized spacial score (nSPS) is 11.1. The molecule has 0 saturated heterocycles. The summed E-state index contributed by atoms with van der Waals surface area (Å²) in [4.78, 5) is 46.7. The Morgan fingerprint density at radius 1 is 1.00 bits per heavy atom. The lowest BCUT2D eigenvalue weighted by Gasteiger charge is -2.06. The molecule has 0 bridgehead atoms. The molecule has 2 heterocycles. The molecule has 0 radical (unpaired) electrons. The SMILES string of the molecule is Cc1ccc(C(=O)Cn2c(=O)n(-c3ccc(F)cc3)c3nc(C)nc(C(N)=O)c32)cc1. The number of primary amides is 1. The van der Waals surface area contributed by atoms with Crippen molar-refractivity contribution in [3.05, 3.63) is 87.5 Å². The van der Waals surface area contributed by atoms with Gasteiger partial charge in [0.15, 0.2) is 17.1 Å². The van der Waals surface area contributed by atoms with Crippen LogP contribution in [0.3, 0.4) is 0 Å². The van der Waals surface area contributed by atoms with Crippen molar-refractivity contribution in [2.75, 3.05) is 0 Å². The van der Waals surface area contributed by atoms with Crippen LogP contribution in [-0.2, 0) is 6.54 Å².